The van der Waals surface area contributed by atoms with Crippen LogP contribution in [0.15, 0.2) is 42.7 Å². The van der Waals surface area contributed by atoms with Crippen molar-refractivity contribution in [2.75, 3.05) is 0 Å². The van der Waals surface area contributed by atoms with E-state index < -0.39 is 5.97 Å². The molecule has 2 N–H and O–H groups in total. The molecule has 0 aromatic carbocycles. The Morgan fingerprint density at radius 3 is 2.68 bits per heavy atom. The van der Waals surface area contributed by atoms with Gasteiger partial charge in [0, 0.05) is 12.4 Å². The van der Waals surface area contributed by atoms with Crippen molar-refractivity contribution in [2.45, 2.75) is 6.54 Å². The summed E-state index contributed by atoms with van der Waals surface area (Å²) in [6, 6.07) is 7.84. The van der Waals surface area contributed by atoms with Crippen molar-refractivity contribution in [3.8, 4) is 0 Å². The average Bonchev–Trinajstić information content (AvgIpc) is 2.46. The number of nitrogens with zero attached hydrogens (tertiary/aromatic N) is 2. The van der Waals surface area contributed by atoms with Gasteiger partial charge in [-0.1, -0.05) is 6.07 Å². The first kappa shape index (κ1) is 12.7. The van der Waals surface area contributed by atoms with E-state index >= 15 is 0 Å². The number of carbonyl (C=O) groups excluding carboxylic acids is 1. The molecule has 0 bridgehead atoms. The Bertz CT molecular complexity index is 599. The number of aromatic nitrogens is 2. The Kier molecular flexibility index (Phi) is 3.82. The molecule has 2 aromatic heterocycles. The number of rotatable bonds is 4. The number of hydrogen-bond acceptors (Lipinski definition) is 4. The van der Waals surface area contributed by atoms with Crippen molar-refractivity contribution in [2.24, 2.45) is 0 Å². The lowest BCUT2D eigenvalue weighted by Gasteiger charge is -2.04. The normalized spacial score (nSPS) is 9.89. The molecule has 0 unspecified atom stereocenters. The molecule has 0 saturated carbocycles. The number of carboxylic acids is 1. The highest BCUT2D eigenvalue weighted by Gasteiger charge is 2.08. The topological polar surface area (TPSA) is 92.2 Å². The van der Waals surface area contributed by atoms with Crippen LogP contribution < -0.4 is 5.32 Å². The minimum Gasteiger partial charge on any atom is -0.478 e. The number of carbonyl (C=O) groups is 2. The smallest absolute Gasteiger partial charge is 0.335 e. The fourth-order valence-corrected chi connectivity index (χ4v) is 1.47. The van der Waals surface area contributed by atoms with E-state index in [2.05, 4.69) is 15.3 Å². The Hall–Kier alpha value is -2.76. The largest absolute Gasteiger partial charge is 0.478 e. The Labute approximate surface area is 109 Å². The van der Waals surface area contributed by atoms with Gasteiger partial charge in [0.2, 0.25) is 0 Å². The fourth-order valence-electron chi connectivity index (χ4n) is 1.47. The van der Waals surface area contributed by atoms with E-state index in [1.54, 1.807) is 18.2 Å². The van der Waals surface area contributed by atoms with Gasteiger partial charge in [-0.05, 0) is 24.3 Å². The van der Waals surface area contributed by atoms with Crippen LogP contribution in [0.2, 0.25) is 0 Å². The molecule has 2 rings (SSSR count). The third kappa shape index (κ3) is 3.35. The lowest BCUT2D eigenvalue weighted by atomic mass is 10.2. The zero-order valence-corrected chi connectivity index (χ0v) is 9.91. The van der Waals surface area contributed by atoms with Gasteiger partial charge >= 0.3 is 5.97 Å². The maximum absolute atomic E-state index is 11.7. The quantitative estimate of drug-likeness (QED) is 0.855. The zero-order chi connectivity index (χ0) is 13.7. The van der Waals surface area contributed by atoms with Crippen LogP contribution in [0.25, 0.3) is 0 Å². The van der Waals surface area contributed by atoms with Gasteiger partial charge in [-0.2, -0.15) is 0 Å². The number of nitrogens with one attached hydrogen (secondary N) is 1. The Morgan fingerprint density at radius 1 is 1.16 bits per heavy atom. The minimum absolute atomic E-state index is 0.136. The standard InChI is InChI=1S/C13H11N3O3/c17-12(11-3-1-2-5-15-11)16-8-10-7-9(13(18)19)4-6-14-10/h1-7H,8H2,(H,16,17)(H,18,19). The maximum Gasteiger partial charge on any atom is 0.335 e. The first-order chi connectivity index (χ1) is 9.16. The second-order valence-corrected chi connectivity index (χ2v) is 3.74. The molecule has 0 spiro atoms. The molecule has 0 aliphatic heterocycles. The monoisotopic (exact) mass is 257 g/mol. The predicted molar refractivity (Wildman–Crippen MR) is 66.6 cm³/mol. The number of amides is 1. The van der Waals surface area contributed by atoms with Gasteiger partial charge in [0.1, 0.15) is 5.69 Å². The van der Waals surface area contributed by atoms with E-state index in [-0.39, 0.29) is 18.0 Å². The van der Waals surface area contributed by atoms with E-state index in [9.17, 15) is 9.59 Å². The molecule has 6 heteroatoms. The highest BCUT2D eigenvalue weighted by atomic mass is 16.4. The molecule has 96 valence electrons. The summed E-state index contributed by atoms with van der Waals surface area (Å²) in [7, 11) is 0. The van der Waals surface area contributed by atoms with Crippen molar-refractivity contribution < 1.29 is 14.7 Å². The van der Waals surface area contributed by atoms with Crippen LogP contribution in [0, 0.1) is 0 Å². The van der Waals surface area contributed by atoms with Crippen molar-refractivity contribution in [3.05, 3.63) is 59.7 Å². The van der Waals surface area contributed by atoms with Crippen LogP contribution >= 0.6 is 0 Å². The van der Waals surface area contributed by atoms with E-state index in [4.69, 9.17) is 5.11 Å². The van der Waals surface area contributed by atoms with Gasteiger partial charge in [-0.15, -0.1) is 0 Å². The van der Waals surface area contributed by atoms with Crippen molar-refractivity contribution in [1.29, 1.82) is 0 Å². The van der Waals surface area contributed by atoms with Crippen LogP contribution in [0.4, 0.5) is 0 Å². The van der Waals surface area contributed by atoms with Gasteiger partial charge in [0.15, 0.2) is 0 Å². The van der Waals surface area contributed by atoms with Gasteiger partial charge in [-0.3, -0.25) is 14.8 Å². The molecule has 6 nitrogen and oxygen atoms in total. The van der Waals surface area contributed by atoms with Crippen LogP contribution in [-0.2, 0) is 6.54 Å². The molecule has 1 amide bonds. The summed E-state index contributed by atoms with van der Waals surface area (Å²) < 4.78 is 0. The summed E-state index contributed by atoms with van der Waals surface area (Å²) in [5, 5.41) is 11.5. The molecular weight excluding hydrogens is 246 g/mol. The summed E-state index contributed by atoms with van der Waals surface area (Å²) in [6.45, 7) is 0.149. The SMILES string of the molecule is O=C(O)c1ccnc(CNC(=O)c2ccccn2)c1. The molecule has 0 fully saturated rings. The molecule has 0 radical (unpaired) electrons. The van der Waals surface area contributed by atoms with Crippen molar-refractivity contribution >= 4 is 11.9 Å². The third-order valence-electron chi connectivity index (χ3n) is 2.39. The molecule has 19 heavy (non-hydrogen) atoms. The van der Waals surface area contributed by atoms with Gasteiger partial charge in [-0.25, -0.2) is 4.79 Å². The van der Waals surface area contributed by atoms with E-state index in [0.717, 1.165) is 0 Å². The predicted octanol–water partition coefficient (Wildman–Crippen LogP) is 1.10. The molecule has 0 aliphatic rings. The fraction of sp³-hybridized carbons (Fsp3) is 0.0769. The highest BCUT2D eigenvalue weighted by molar-refractivity contribution is 5.92. The second-order valence-electron chi connectivity index (χ2n) is 3.74. The van der Waals surface area contributed by atoms with Crippen LogP contribution in [0.5, 0.6) is 0 Å². The molecule has 0 saturated heterocycles. The summed E-state index contributed by atoms with van der Waals surface area (Å²) in [5.41, 5.74) is 0.915. The summed E-state index contributed by atoms with van der Waals surface area (Å²) in [4.78, 5) is 30.4. The number of hydrogen-bond donors (Lipinski definition) is 2. The second kappa shape index (κ2) is 5.72. The van der Waals surface area contributed by atoms with Gasteiger partial charge < -0.3 is 10.4 Å². The van der Waals surface area contributed by atoms with E-state index in [1.807, 2.05) is 0 Å². The van der Waals surface area contributed by atoms with Crippen LogP contribution in [-0.4, -0.2) is 27.0 Å². The average molecular weight is 257 g/mol. The van der Waals surface area contributed by atoms with Gasteiger partial charge in [0.05, 0.1) is 17.8 Å². The Morgan fingerprint density at radius 2 is 2.00 bits per heavy atom. The first-order valence-electron chi connectivity index (χ1n) is 5.54. The number of pyridine rings is 2. The maximum atomic E-state index is 11.7. The molecule has 2 heterocycles. The van der Waals surface area contributed by atoms with Crippen molar-refractivity contribution in [3.63, 3.8) is 0 Å². The summed E-state index contributed by atoms with van der Waals surface area (Å²) >= 11 is 0. The Balaban J connectivity index is 2.01. The van der Waals surface area contributed by atoms with Gasteiger partial charge in [0.25, 0.3) is 5.91 Å². The molecule has 0 aliphatic carbocycles. The number of carboxylic acid groups (broad SMARTS) is 1. The summed E-state index contributed by atoms with van der Waals surface area (Å²) in [5.74, 6) is -1.36. The highest BCUT2D eigenvalue weighted by Crippen LogP contribution is 2.02. The summed E-state index contributed by atoms with van der Waals surface area (Å²) in [6.07, 6.45) is 2.92. The zero-order valence-electron chi connectivity index (χ0n) is 9.91. The minimum atomic E-state index is -1.03. The molecule has 2 aromatic rings. The lowest BCUT2D eigenvalue weighted by Crippen LogP contribution is -2.24. The van der Waals surface area contributed by atoms with E-state index in [0.29, 0.717) is 11.4 Å². The third-order valence-corrected chi connectivity index (χ3v) is 2.39. The van der Waals surface area contributed by atoms with Crippen molar-refractivity contribution in [1.82, 2.24) is 15.3 Å². The van der Waals surface area contributed by atoms with E-state index in [1.165, 1.54) is 24.5 Å². The molecule has 0 atom stereocenters. The first-order valence-corrected chi connectivity index (χ1v) is 5.54. The van der Waals surface area contributed by atoms with Crippen LogP contribution in [0.3, 0.4) is 0 Å². The molecular formula is C13H11N3O3. The number of aromatic carboxylic acids is 1. The van der Waals surface area contributed by atoms with Crippen LogP contribution in [0.1, 0.15) is 26.5 Å². The lowest BCUT2D eigenvalue weighted by molar-refractivity contribution is 0.0696.